The minimum absolute atomic E-state index is 0.0506. The molecular formula is C20H22F2N4O4S. The number of aliphatic hydroxyl groups is 1. The highest BCUT2D eigenvalue weighted by atomic mass is 32.2. The molecular weight excluding hydrogens is 430 g/mol. The first-order chi connectivity index (χ1) is 15.3. The highest BCUT2D eigenvalue weighted by molar-refractivity contribution is 7.89. The zero-order valence-electron chi connectivity index (χ0n) is 18.5. The van der Waals surface area contributed by atoms with Crippen LogP contribution in [-0.4, -0.2) is 54.5 Å². The van der Waals surface area contributed by atoms with Gasteiger partial charge >= 0.3 is 0 Å². The number of benzene rings is 1. The van der Waals surface area contributed by atoms with Crippen molar-refractivity contribution in [2.45, 2.75) is 43.8 Å². The summed E-state index contributed by atoms with van der Waals surface area (Å²) in [5.41, 5.74) is 1.19. The number of β-amino-alcohol motifs (C(OH)–C–C–N with tert-alkyl or cyclic N) is 1. The Balaban J connectivity index is 1.60. The molecule has 0 radical (unpaired) electrons. The number of aromatic nitrogens is 2. The molecule has 0 amide bonds. The minimum Gasteiger partial charge on any atom is -0.493 e. The lowest BCUT2D eigenvalue weighted by Crippen LogP contribution is -2.59. The van der Waals surface area contributed by atoms with E-state index in [9.17, 15) is 22.3 Å². The van der Waals surface area contributed by atoms with Crippen molar-refractivity contribution in [3.8, 4) is 17.0 Å². The zero-order valence-corrected chi connectivity index (χ0v) is 17.4. The Labute approximate surface area is 180 Å². The van der Waals surface area contributed by atoms with Crippen LogP contribution in [0.2, 0.25) is 0 Å². The maximum atomic E-state index is 14.6. The van der Waals surface area contributed by atoms with Crippen LogP contribution in [0.25, 0.3) is 11.3 Å². The first kappa shape index (κ1) is 18.2. The lowest BCUT2D eigenvalue weighted by molar-refractivity contribution is -0.00603. The number of sulfonamides is 1. The van der Waals surface area contributed by atoms with Crippen LogP contribution in [0, 0.1) is 0 Å². The van der Waals surface area contributed by atoms with Crippen LogP contribution < -0.4 is 14.8 Å². The molecule has 2 aromatic rings. The quantitative estimate of drug-likeness (QED) is 0.719. The topological polar surface area (TPSA) is 119 Å². The number of aliphatic hydroxyl groups excluding tert-OH is 1. The fourth-order valence-electron chi connectivity index (χ4n) is 4.27. The van der Waals surface area contributed by atoms with Gasteiger partial charge in [0.1, 0.15) is 11.4 Å². The molecule has 0 unspecified atom stereocenters. The van der Waals surface area contributed by atoms with Crippen molar-refractivity contribution in [2.75, 3.05) is 23.8 Å². The number of nitrogens with two attached hydrogens (primary N) is 1. The smallest absolute Gasteiger partial charge is 0.290 e. The Kier molecular flexibility index (Phi) is 4.01. The normalized spacial score (nSPS) is 28.8. The molecule has 166 valence electrons. The van der Waals surface area contributed by atoms with Gasteiger partial charge in [-0.2, -0.15) is 8.78 Å². The molecule has 1 aromatic heterocycles. The van der Waals surface area contributed by atoms with Gasteiger partial charge in [0.25, 0.3) is 5.92 Å². The Morgan fingerprint density at radius 3 is 2.90 bits per heavy atom. The summed E-state index contributed by atoms with van der Waals surface area (Å²) in [5.74, 6) is -3.70. The average molecular weight is 454 g/mol. The summed E-state index contributed by atoms with van der Waals surface area (Å²) in [6.45, 7) is -0.500. The van der Waals surface area contributed by atoms with E-state index in [4.69, 9.17) is 12.6 Å². The van der Waals surface area contributed by atoms with Crippen LogP contribution in [0.1, 0.15) is 38.8 Å². The van der Waals surface area contributed by atoms with E-state index in [-0.39, 0.29) is 36.0 Å². The van der Waals surface area contributed by atoms with Gasteiger partial charge in [0, 0.05) is 35.5 Å². The molecule has 0 bridgehead atoms. The van der Waals surface area contributed by atoms with Crippen LogP contribution in [0.4, 0.5) is 14.7 Å². The van der Waals surface area contributed by atoms with Crippen molar-refractivity contribution in [3.05, 3.63) is 35.0 Å². The first-order valence-electron chi connectivity index (χ1n) is 10.8. The van der Waals surface area contributed by atoms with E-state index in [2.05, 4.69) is 9.97 Å². The van der Waals surface area contributed by atoms with E-state index >= 15 is 0 Å². The van der Waals surface area contributed by atoms with Gasteiger partial charge < -0.3 is 14.7 Å². The third-order valence-corrected chi connectivity index (χ3v) is 6.85. The van der Waals surface area contributed by atoms with Crippen LogP contribution in [0.15, 0.2) is 18.2 Å². The van der Waals surface area contributed by atoms with Crippen LogP contribution >= 0.6 is 0 Å². The summed E-state index contributed by atoms with van der Waals surface area (Å²) < 4.78 is 74.0. The van der Waals surface area contributed by atoms with Crippen LogP contribution in [0.5, 0.6) is 5.75 Å². The lowest BCUT2D eigenvalue weighted by atomic mass is 9.98. The number of ether oxygens (including phenoxy) is 1. The highest BCUT2D eigenvalue weighted by Crippen LogP contribution is 2.46. The number of alkyl halides is 2. The second-order valence-corrected chi connectivity index (χ2v) is 9.84. The number of rotatable bonds is 4. The summed E-state index contributed by atoms with van der Waals surface area (Å²) in [6.07, 6.45) is -1.69. The zero-order chi connectivity index (χ0) is 23.9. The van der Waals surface area contributed by atoms with Crippen molar-refractivity contribution in [2.24, 2.45) is 5.14 Å². The summed E-state index contributed by atoms with van der Waals surface area (Å²) >= 11 is 0. The number of nitrogens with zero attached hydrogens (tertiary/aromatic N) is 3. The Bertz CT molecular complexity index is 1260. The molecule has 0 saturated carbocycles. The molecule has 2 aliphatic heterocycles. The van der Waals surface area contributed by atoms with Gasteiger partial charge in [-0.25, -0.2) is 23.5 Å². The van der Waals surface area contributed by atoms with Gasteiger partial charge in [-0.3, -0.25) is 0 Å². The summed E-state index contributed by atoms with van der Waals surface area (Å²) in [5, 5.41) is 15.1. The molecule has 1 saturated heterocycles. The molecule has 3 aliphatic rings. The van der Waals surface area contributed by atoms with Gasteiger partial charge in [0.2, 0.25) is 16.0 Å². The molecule has 3 heterocycles. The standard InChI is InChI=1S/C20H22F2N4O4S/c1-10-15(27)7-26(10)19-24-17(14-4-5-20(21,22)18(14)25-19)11-2-3-13-12(9-31(23,28)29)8-30-16(13)6-11/h2-3,6,10,12,15,27H,4-5,7-9H2,1H3,(H2,23,28,29)/t10-,12+,15+/m0/s1/i7D2. The number of anilines is 1. The molecule has 3 atom stereocenters. The molecule has 11 heteroatoms. The summed E-state index contributed by atoms with van der Waals surface area (Å²) in [6, 6.07) is 4.24. The minimum atomic E-state index is -3.71. The number of halogens is 2. The SMILES string of the molecule is [2H]C1([2H])[C@@H](O)[C@H](C)N1c1nc(-c2ccc3c(c2)OC[C@@H]3CS(N)(=O)=O)c2c(n1)C(F)(F)CC2. The monoisotopic (exact) mass is 454 g/mol. The summed E-state index contributed by atoms with van der Waals surface area (Å²) in [4.78, 5) is 9.57. The molecule has 0 spiro atoms. The Morgan fingerprint density at radius 2 is 2.19 bits per heavy atom. The van der Waals surface area contributed by atoms with E-state index in [0.29, 0.717) is 16.9 Å². The predicted octanol–water partition coefficient (Wildman–Crippen LogP) is 1.52. The van der Waals surface area contributed by atoms with Crippen LogP contribution in [0.3, 0.4) is 0 Å². The largest absolute Gasteiger partial charge is 0.493 e. The molecule has 1 aliphatic carbocycles. The van der Waals surface area contributed by atoms with Crippen molar-refractivity contribution >= 4 is 16.0 Å². The fraction of sp³-hybridized carbons (Fsp3) is 0.500. The van der Waals surface area contributed by atoms with Crippen molar-refractivity contribution in [1.29, 1.82) is 0 Å². The number of fused-ring (bicyclic) bond motifs is 2. The molecule has 31 heavy (non-hydrogen) atoms. The van der Waals surface area contributed by atoms with E-state index in [1.54, 1.807) is 25.1 Å². The average Bonchev–Trinajstić information content (AvgIpc) is 3.26. The molecule has 5 rings (SSSR count). The third-order valence-electron chi connectivity index (χ3n) is 5.98. The van der Waals surface area contributed by atoms with Crippen molar-refractivity contribution in [1.82, 2.24) is 9.97 Å². The molecule has 8 nitrogen and oxygen atoms in total. The van der Waals surface area contributed by atoms with Gasteiger partial charge in [-0.15, -0.1) is 0 Å². The highest BCUT2D eigenvalue weighted by Gasteiger charge is 2.45. The van der Waals surface area contributed by atoms with E-state index in [1.807, 2.05) is 0 Å². The second kappa shape index (κ2) is 6.81. The van der Waals surface area contributed by atoms with Crippen LogP contribution in [-0.2, 0) is 22.4 Å². The third kappa shape index (κ3) is 3.44. The summed E-state index contributed by atoms with van der Waals surface area (Å²) in [7, 11) is -3.71. The van der Waals surface area contributed by atoms with Crippen molar-refractivity contribution < 1.29 is 29.8 Å². The van der Waals surface area contributed by atoms with Crippen molar-refractivity contribution in [3.63, 3.8) is 0 Å². The van der Waals surface area contributed by atoms with Gasteiger partial charge in [-0.05, 0) is 19.4 Å². The maximum absolute atomic E-state index is 14.6. The van der Waals surface area contributed by atoms with Gasteiger partial charge in [0.05, 0.1) is 32.9 Å². The van der Waals surface area contributed by atoms with Gasteiger partial charge in [0.15, 0.2) is 0 Å². The number of hydrogen-bond donors (Lipinski definition) is 2. The number of primary sulfonamides is 1. The first-order valence-corrected chi connectivity index (χ1v) is 11.6. The molecule has 1 aromatic carbocycles. The predicted molar refractivity (Wildman–Crippen MR) is 109 cm³/mol. The fourth-order valence-corrected chi connectivity index (χ4v) is 5.10. The molecule has 3 N–H and O–H groups in total. The molecule has 1 fully saturated rings. The lowest BCUT2D eigenvalue weighted by Gasteiger charge is -2.43. The maximum Gasteiger partial charge on any atom is 0.290 e. The number of hydrogen-bond acceptors (Lipinski definition) is 7. The Morgan fingerprint density at radius 1 is 1.42 bits per heavy atom. The second-order valence-electron chi connectivity index (χ2n) is 8.18. The van der Waals surface area contributed by atoms with E-state index < -0.39 is 52.6 Å². The van der Waals surface area contributed by atoms with Gasteiger partial charge in [-0.1, -0.05) is 12.1 Å². The van der Waals surface area contributed by atoms with E-state index in [0.717, 1.165) is 4.90 Å². The Hall–Kier alpha value is -2.37. The van der Waals surface area contributed by atoms with E-state index in [1.165, 1.54) is 0 Å².